The lowest BCUT2D eigenvalue weighted by Gasteiger charge is -2.02. The number of aromatic nitrogens is 2. The van der Waals surface area contributed by atoms with E-state index in [2.05, 4.69) is 14.7 Å². The molecule has 2 aromatic rings. The second-order valence-corrected chi connectivity index (χ2v) is 3.30. The molecule has 0 aliphatic rings. The van der Waals surface area contributed by atoms with Gasteiger partial charge in [0.1, 0.15) is 5.82 Å². The molecule has 2 rings (SSSR count). The quantitative estimate of drug-likeness (QED) is 0.771. The maximum atomic E-state index is 13.5. The number of carbonyl (C=O) groups excluding carboxylic acids is 1. The van der Waals surface area contributed by atoms with Crippen LogP contribution in [0.1, 0.15) is 10.5 Å². The highest BCUT2D eigenvalue weighted by molar-refractivity contribution is 5.94. The van der Waals surface area contributed by atoms with E-state index in [1.54, 1.807) is 6.07 Å². The lowest BCUT2D eigenvalue weighted by atomic mass is 10.1. The summed E-state index contributed by atoms with van der Waals surface area (Å²) in [6.45, 7) is 0. The zero-order chi connectivity index (χ0) is 12.4. The summed E-state index contributed by atoms with van der Waals surface area (Å²) in [5, 5.41) is 0. The molecule has 1 aromatic carbocycles. The second-order valence-electron chi connectivity index (χ2n) is 3.30. The maximum absolute atomic E-state index is 13.5. The minimum atomic E-state index is -0.735. The van der Waals surface area contributed by atoms with Gasteiger partial charge in [-0.15, -0.1) is 0 Å². The van der Waals surface area contributed by atoms with Gasteiger partial charge in [0.25, 0.3) is 0 Å². The highest BCUT2D eigenvalue weighted by Gasteiger charge is 2.19. The number of imidazole rings is 1. The Kier molecular flexibility index (Phi) is 2.78. The molecule has 5 nitrogen and oxygen atoms in total. The van der Waals surface area contributed by atoms with Crippen molar-refractivity contribution >= 4 is 5.97 Å². The van der Waals surface area contributed by atoms with E-state index >= 15 is 0 Å². The molecule has 0 bridgehead atoms. The molecule has 17 heavy (non-hydrogen) atoms. The Morgan fingerprint density at radius 3 is 2.65 bits per heavy atom. The molecule has 0 radical (unpaired) electrons. The summed E-state index contributed by atoms with van der Waals surface area (Å²) >= 11 is 0. The van der Waals surface area contributed by atoms with Crippen LogP contribution in [0.25, 0.3) is 11.3 Å². The molecule has 0 fully saturated rings. The summed E-state index contributed by atoms with van der Waals surface area (Å²) in [4.78, 5) is 27.2. The van der Waals surface area contributed by atoms with Crippen LogP contribution in [0.4, 0.5) is 4.39 Å². The minimum absolute atomic E-state index is 0.0833. The molecule has 0 saturated carbocycles. The molecule has 0 saturated heterocycles. The van der Waals surface area contributed by atoms with Crippen LogP contribution in [0, 0.1) is 5.82 Å². The number of hydrogen-bond donors (Lipinski definition) is 2. The second kappa shape index (κ2) is 4.25. The number of benzene rings is 1. The van der Waals surface area contributed by atoms with Crippen molar-refractivity contribution in [2.45, 2.75) is 0 Å². The van der Waals surface area contributed by atoms with Gasteiger partial charge >= 0.3 is 11.7 Å². The monoisotopic (exact) mass is 236 g/mol. The Morgan fingerprint density at radius 1 is 1.29 bits per heavy atom. The van der Waals surface area contributed by atoms with Crippen molar-refractivity contribution in [3.63, 3.8) is 0 Å². The number of aromatic amines is 2. The van der Waals surface area contributed by atoms with Crippen molar-refractivity contribution < 1.29 is 13.9 Å². The van der Waals surface area contributed by atoms with Gasteiger partial charge in [-0.1, -0.05) is 12.1 Å². The summed E-state index contributed by atoms with van der Waals surface area (Å²) in [6.07, 6.45) is 0. The summed E-state index contributed by atoms with van der Waals surface area (Å²) in [5.41, 5.74) is -0.475. The number of methoxy groups -OCH3 is 1. The average Bonchev–Trinajstić information content (AvgIpc) is 2.71. The van der Waals surface area contributed by atoms with Crippen LogP contribution in [-0.4, -0.2) is 23.0 Å². The minimum Gasteiger partial charge on any atom is -0.464 e. The zero-order valence-corrected chi connectivity index (χ0v) is 8.91. The first-order chi connectivity index (χ1) is 8.13. The molecule has 0 aliphatic carbocycles. The summed E-state index contributed by atoms with van der Waals surface area (Å²) in [6, 6.07) is 5.81. The molecule has 0 aliphatic heterocycles. The van der Waals surface area contributed by atoms with Crippen molar-refractivity contribution in [1.82, 2.24) is 9.97 Å². The van der Waals surface area contributed by atoms with E-state index in [0.717, 1.165) is 0 Å². The smallest absolute Gasteiger partial charge is 0.356 e. The van der Waals surface area contributed by atoms with Gasteiger partial charge in [0.15, 0.2) is 5.69 Å². The topological polar surface area (TPSA) is 75.0 Å². The molecule has 0 unspecified atom stereocenters. The van der Waals surface area contributed by atoms with Crippen LogP contribution in [0.5, 0.6) is 0 Å². The summed E-state index contributed by atoms with van der Waals surface area (Å²) in [7, 11) is 1.18. The third-order valence-electron chi connectivity index (χ3n) is 2.26. The van der Waals surface area contributed by atoms with Crippen LogP contribution in [-0.2, 0) is 4.74 Å². The van der Waals surface area contributed by atoms with Gasteiger partial charge in [-0.25, -0.2) is 14.0 Å². The Morgan fingerprint density at radius 2 is 2.00 bits per heavy atom. The molecule has 6 heteroatoms. The predicted octanol–water partition coefficient (Wildman–Crippen LogP) is 1.30. The van der Waals surface area contributed by atoms with Crippen LogP contribution in [0.15, 0.2) is 29.1 Å². The Balaban J connectivity index is 2.64. The number of esters is 1. The van der Waals surface area contributed by atoms with Crippen molar-refractivity contribution in [3.8, 4) is 11.3 Å². The number of H-pyrrole nitrogens is 2. The lowest BCUT2D eigenvalue weighted by Crippen LogP contribution is -2.06. The highest BCUT2D eigenvalue weighted by atomic mass is 19.1. The number of halogens is 1. The molecular weight excluding hydrogens is 227 g/mol. The summed E-state index contributed by atoms with van der Waals surface area (Å²) in [5.74, 6) is -1.27. The first-order valence-electron chi connectivity index (χ1n) is 4.79. The van der Waals surface area contributed by atoms with E-state index in [-0.39, 0.29) is 17.0 Å². The Bertz CT molecular complexity index is 615. The number of nitrogens with one attached hydrogen (secondary N) is 2. The Hall–Kier alpha value is -2.37. The fourth-order valence-corrected chi connectivity index (χ4v) is 1.50. The van der Waals surface area contributed by atoms with Crippen LogP contribution >= 0.6 is 0 Å². The number of hydrogen-bond acceptors (Lipinski definition) is 3. The van der Waals surface area contributed by atoms with E-state index in [9.17, 15) is 14.0 Å². The molecule has 0 amide bonds. The van der Waals surface area contributed by atoms with Gasteiger partial charge in [0.2, 0.25) is 0 Å². The third kappa shape index (κ3) is 1.96. The van der Waals surface area contributed by atoms with E-state index in [4.69, 9.17) is 0 Å². The lowest BCUT2D eigenvalue weighted by molar-refractivity contribution is 0.0595. The fourth-order valence-electron chi connectivity index (χ4n) is 1.50. The first-order valence-corrected chi connectivity index (χ1v) is 4.79. The standard InChI is InChI=1S/C11H9FN2O3/c1-17-10(15)9-8(13-11(16)14-9)6-4-2-3-5-7(6)12/h2-5H,1H3,(H2,13,14,16). The molecule has 1 aromatic heterocycles. The first kappa shape index (κ1) is 11.1. The van der Waals surface area contributed by atoms with Gasteiger partial charge in [-0.3, -0.25) is 4.98 Å². The van der Waals surface area contributed by atoms with Gasteiger partial charge in [0, 0.05) is 5.56 Å². The number of ether oxygens (including phenoxy) is 1. The van der Waals surface area contributed by atoms with Gasteiger partial charge in [-0.05, 0) is 12.1 Å². The van der Waals surface area contributed by atoms with E-state index in [1.807, 2.05) is 0 Å². The van der Waals surface area contributed by atoms with Crippen molar-refractivity contribution in [2.24, 2.45) is 0 Å². The molecule has 88 valence electrons. The van der Waals surface area contributed by atoms with Crippen molar-refractivity contribution in [1.29, 1.82) is 0 Å². The molecule has 0 atom stereocenters. The molecule has 2 N–H and O–H groups in total. The van der Waals surface area contributed by atoms with Crippen LogP contribution < -0.4 is 5.69 Å². The van der Waals surface area contributed by atoms with E-state index < -0.39 is 17.5 Å². The molecular formula is C11H9FN2O3. The van der Waals surface area contributed by atoms with Gasteiger partial charge in [-0.2, -0.15) is 0 Å². The van der Waals surface area contributed by atoms with Gasteiger partial charge < -0.3 is 9.72 Å². The van der Waals surface area contributed by atoms with E-state index in [0.29, 0.717) is 0 Å². The number of carbonyl (C=O) groups is 1. The van der Waals surface area contributed by atoms with Crippen LogP contribution in [0.3, 0.4) is 0 Å². The third-order valence-corrected chi connectivity index (χ3v) is 2.26. The normalized spacial score (nSPS) is 10.2. The Labute approximate surface area is 95.2 Å². The van der Waals surface area contributed by atoms with Crippen LogP contribution in [0.2, 0.25) is 0 Å². The van der Waals surface area contributed by atoms with Gasteiger partial charge in [0.05, 0.1) is 12.8 Å². The summed E-state index contributed by atoms with van der Waals surface area (Å²) < 4.78 is 18.0. The molecule has 1 heterocycles. The fraction of sp³-hybridized carbons (Fsp3) is 0.0909. The predicted molar refractivity (Wildman–Crippen MR) is 58.1 cm³/mol. The largest absolute Gasteiger partial charge is 0.464 e. The number of rotatable bonds is 2. The van der Waals surface area contributed by atoms with E-state index in [1.165, 1.54) is 25.3 Å². The highest BCUT2D eigenvalue weighted by Crippen LogP contribution is 2.22. The molecule has 0 spiro atoms. The average molecular weight is 236 g/mol. The zero-order valence-electron chi connectivity index (χ0n) is 8.91. The maximum Gasteiger partial charge on any atom is 0.356 e. The SMILES string of the molecule is COC(=O)c1[nH]c(=O)[nH]c1-c1ccccc1F. The van der Waals surface area contributed by atoms with Crippen molar-refractivity contribution in [3.05, 3.63) is 46.3 Å². The van der Waals surface area contributed by atoms with Crippen molar-refractivity contribution in [2.75, 3.05) is 7.11 Å².